The van der Waals surface area contributed by atoms with Crippen LogP contribution >= 0.6 is 0 Å². The van der Waals surface area contributed by atoms with Crippen LogP contribution in [0.25, 0.3) is 0 Å². The minimum Gasteiger partial charge on any atom is -0.384 e. The van der Waals surface area contributed by atoms with Crippen LogP contribution in [0.15, 0.2) is 36.4 Å². The van der Waals surface area contributed by atoms with Gasteiger partial charge in [0.25, 0.3) is 5.91 Å². The number of morpholine rings is 1. The molecule has 2 aromatic rings. The molecule has 7 heteroatoms. The van der Waals surface area contributed by atoms with Crippen molar-refractivity contribution in [2.24, 2.45) is 0 Å². The number of anilines is 2. The molecule has 1 saturated heterocycles. The summed E-state index contributed by atoms with van der Waals surface area (Å²) in [7, 11) is 0. The third kappa shape index (κ3) is 3.43. The number of para-hydroxylation sites is 1. The highest BCUT2D eigenvalue weighted by molar-refractivity contribution is 5.98. The van der Waals surface area contributed by atoms with Gasteiger partial charge in [0.2, 0.25) is 5.91 Å². The van der Waals surface area contributed by atoms with Gasteiger partial charge >= 0.3 is 0 Å². The molecule has 0 aromatic heterocycles. The largest absolute Gasteiger partial charge is 0.384 e. The number of hydrogen-bond acceptors (Lipinski definition) is 4. The van der Waals surface area contributed by atoms with Gasteiger partial charge in [0.15, 0.2) is 0 Å². The fourth-order valence-corrected chi connectivity index (χ4v) is 4.73. The second-order valence-corrected chi connectivity index (χ2v) is 8.17. The Morgan fingerprint density at radius 1 is 1.20 bits per heavy atom. The van der Waals surface area contributed by atoms with E-state index in [1.165, 1.54) is 11.6 Å². The number of carbonyl (C=O) groups excluding carboxylic acids is 2. The van der Waals surface area contributed by atoms with Gasteiger partial charge in [-0.05, 0) is 42.2 Å². The summed E-state index contributed by atoms with van der Waals surface area (Å²) < 4.78 is 20.5. The second kappa shape index (κ2) is 7.72. The van der Waals surface area contributed by atoms with E-state index in [9.17, 15) is 14.0 Å². The molecule has 1 fully saturated rings. The summed E-state index contributed by atoms with van der Waals surface area (Å²) in [6, 6.07) is 11.0. The second-order valence-electron chi connectivity index (χ2n) is 8.17. The molecule has 156 valence electrons. The minimum absolute atomic E-state index is 0.0711. The van der Waals surface area contributed by atoms with Crippen molar-refractivity contribution in [2.75, 3.05) is 36.9 Å². The molecule has 3 heterocycles. The van der Waals surface area contributed by atoms with Gasteiger partial charge in [-0.25, -0.2) is 4.39 Å². The van der Waals surface area contributed by atoms with Gasteiger partial charge in [0.05, 0.1) is 24.8 Å². The maximum absolute atomic E-state index is 14.8. The van der Waals surface area contributed by atoms with E-state index in [0.717, 1.165) is 24.2 Å². The summed E-state index contributed by atoms with van der Waals surface area (Å²) in [4.78, 5) is 26.7. The maximum Gasteiger partial charge on any atom is 0.257 e. The van der Waals surface area contributed by atoms with Crippen molar-refractivity contribution < 1.29 is 18.7 Å². The standard InChI is InChI=1S/C23H24FN3O3/c24-19-11-21-14(5-6-22(28)26-21)10-18(19)23(29)27-7-8-30-13-16(27)9-15-12-25-20-4-2-1-3-17(15)20/h1-4,10-11,15-16,25H,5-9,12-13H2,(H,26,28). The first-order valence-corrected chi connectivity index (χ1v) is 10.4. The van der Waals surface area contributed by atoms with Gasteiger partial charge in [-0.15, -0.1) is 0 Å². The zero-order valence-electron chi connectivity index (χ0n) is 16.6. The molecule has 2 unspecified atom stereocenters. The smallest absolute Gasteiger partial charge is 0.257 e. The molecule has 3 aliphatic rings. The number of hydrogen-bond donors (Lipinski definition) is 2. The average molecular weight is 409 g/mol. The van der Waals surface area contributed by atoms with Crippen LogP contribution < -0.4 is 10.6 Å². The quantitative estimate of drug-likeness (QED) is 0.817. The third-order valence-corrected chi connectivity index (χ3v) is 6.30. The molecule has 2 amide bonds. The Bertz CT molecular complexity index is 1010. The first-order chi connectivity index (χ1) is 14.6. The van der Waals surface area contributed by atoms with Gasteiger partial charge in [-0.3, -0.25) is 9.59 Å². The Morgan fingerprint density at radius 2 is 2.07 bits per heavy atom. The molecule has 3 aliphatic heterocycles. The lowest BCUT2D eigenvalue weighted by atomic mass is 9.92. The fourth-order valence-electron chi connectivity index (χ4n) is 4.73. The zero-order chi connectivity index (χ0) is 20.7. The fraction of sp³-hybridized carbons (Fsp3) is 0.391. The highest BCUT2D eigenvalue weighted by Crippen LogP contribution is 2.36. The summed E-state index contributed by atoms with van der Waals surface area (Å²) in [6.45, 7) is 2.17. The van der Waals surface area contributed by atoms with Crippen LogP contribution in [0, 0.1) is 5.82 Å². The molecule has 6 nitrogen and oxygen atoms in total. The van der Waals surface area contributed by atoms with E-state index in [4.69, 9.17) is 4.74 Å². The normalized spacial score (nSPS) is 22.7. The predicted molar refractivity (Wildman–Crippen MR) is 111 cm³/mol. The number of benzene rings is 2. The van der Waals surface area contributed by atoms with Crippen LogP contribution in [0.5, 0.6) is 0 Å². The van der Waals surface area contributed by atoms with Crippen molar-refractivity contribution in [3.05, 3.63) is 58.9 Å². The molecular formula is C23H24FN3O3. The number of halogens is 1. The number of amides is 2. The molecule has 0 saturated carbocycles. The van der Waals surface area contributed by atoms with E-state index in [2.05, 4.69) is 22.8 Å². The van der Waals surface area contributed by atoms with Crippen molar-refractivity contribution in [3.8, 4) is 0 Å². The first kappa shape index (κ1) is 19.1. The van der Waals surface area contributed by atoms with Gasteiger partial charge in [0.1, 0.15) is 5.82 Å². The van der Waals surface area contributed by atoms with Crippen LogP contribution in [-0.2, 0) is 16.0 Å². The highest BCUT2D eigenvalue weighted by Gasteiger charge is 2.34. The lowest BCUT2D eigenvalue weighted by Crippen LogP contribution is -2.49. The van der Waals surface area contributed by atoms with Crippen LogP contribution in [0.2, 0.25) is 0 Å². The highest BCUT2D eigenvalue weighted by atomic mass is 19.1. The lowest BCUT2D eigenvalue weighted by Gasteiger charge is -2.37. The number of carbonyl (C=O) groups is 2. The Kier molecular flexibility index (Phi) is 4.90. The number of nitrogens with zero attached hydrogens (tertiary/aromatic N) is 1. The Balaban J connectivity index is 1.38. The summed E-state index contributed by atoms with van der Waals surface area (Å²) >= 11 is 0. The maximum atomic E-state index is 14.8. The number of aryl methyl sites for hydroxylation is 1. The van der Waals surface area contributed by atoms with Crippen molar-refractivity contribution >= 4 is 23.2 Å². The van der Waals surface area contributed by atoms with Gasteiger partial charge in [0, 0.05) is 36.8 Å². The molecule has 0 spiro atoms. The Morgan fingerprint density at radius 3 is 2.97 bits per heavy atom. The minimum atomic E-state index is -0.598. The zero-order valence-corrected chi connectivity index (χ0v) is 16.6. The van der Waals surface area contributed by atoms with E-state index >= 15 is 0 Å². The van der Waals surface area contributed by atoms with Gasteiger partial charge in [-0.1, -0.05) is 18.2 Å². The number of nitrogens with one attached hydrogen (secondary N) is 2. The average Bonchev–Trinajstić information content (AvgIpc) is 3.16. The third-order valence-electron chi connectivity index (χ3n) is 6.30. The van der Waals surface area contributed by atoms with Crippen LogP contribution in [0.1, 0.15) is 40.2 Å². The van der Waals surface area contributed by atoms with E-state index in [1.807, 2.05) is 12.1 Å². The first-order valence-electron chi connectivity index (χ1n) is 10.4. The Hall–Kier alpha value is -2.93. The van der Waals surface area contributed by atoms with E-state index in [-0.39, 0.29) is 29.3 Å². The van der Waals surface area contributed by atoms with Crippen LogP contribution in [0.3, 0.4) is 0 Å². The molecule has 2 aromatic carbocycles. The predicted octanol–water partition coefficient (Wildman–Crippen LogP) is 3.15. The molecule has 5 rings (SSSR count). The monoisotopic (exact) mass is 409 g/mol. The number of fused-ring (bicyclic) bond motifs is 2. The van der Waals surface area contributed by atoms with Gasteiger partial charge < -0.3 is 20.3 Å². The lowest BCUT2D eigenvalue weighted by molar-refractivity contribution is -0.116. The van der Waals surface area contributed by atoms with Crippen molar-refractivity contribution in [2.45, 2.75) is 31.2 Å². The van der Waals surface area contributed by atoms with Crippen molar-refractivity contribution in [1.29, 1.82) is 0 Å². The summed E-state index contributed by atoms with van der Waals surface area (Å²) in [6.07, 6.45) is 1.62. The number of ether oxygens (including phenoxy) is 1. The molecule has 0 radical (unpaired) electrons. The van der Waals surface area contributed by atoms with E-state index < -0.39 is 5.82 Å². The molecular weight excluding hydrogens is 385 g/mol. The summed E-state index contributed by atoms with van der Waals surface area (Å²) in [5.41, 5.74) is 3.73. The van der Waals surface area contributed by atoms with Crippen molar-refractivity contribution in [3.63, 3.8) is 0 Å². The van der Waals surface area contributed by atoms with E-state index in [0.29, 0.717) is 38.3 Å². The summed E-state index contributed by atoms with van der Waals surface area (Å²) in [5.74, 6) is -0.745. The molecule has 2 atom stereocenters. The van der Waals surface area contributed by atoms with Gasteiger partial charge in [-0.2, -0.15) is 0 Å². The molecule has 0 aliphatic carbocycles. The summed E-state index contributed by atoms with van der Waals surface area (Å²) in [5, 5.41) is 6.11. The van der Waals surface area contributed by atoms with Crippen LogP contribution in [-0.4, -0.2) is 49.1 Å². The topological polar surface area (TPSA) is 70.7 Å². The Labute approximate surface area is 174 Å². The van der Waals surface area contributed by atoms with Crippen LogP contribution in [0.4, 0.5) is 15.8 Å². The molecule has 30 heavy (non-hydrogen) atoms. The SMILES string of the molecule is O=C1CCc2cc(C(=O)N3CCOCC3CC3CNc4ccccc43)c(F)cc2N1. The number of rotatable bonds is 3. The molecule has 2 N–H and O–H groups in total. The van der Waals surface area contributed by atoms with Crippen molar-refractivity contribution in [1.82, 2.24) is 4.90 Å². The molecule has 0 bridgehead atoms. The van der Waals surface area contributed by atoms with E-state index in [1.54, 1.807) is 11.0 Å².